The number of carbonyl (C=O) groups is 2. The van der Waals surface area contributed by atoms with Gasteiger partial charge in [-0.05, 0) is 24.6 Å². The Morgan fingerprint density at radius 3 is 3.00 bits per heavy atom. The maximum absolute atomic E-state index is 13.1. The number of hydrogen-bond donors (Lipinski definition) is 3. The second kappa shape index (κ2) is 9.06. The second-order valence-electron chi connectivity index (χ2n) is 7.68. The fourth-order valence-corrected chi connectivity index (χ4v) is 4.28. The average Bonchev–Trinajstić information content (AvgIpc) is 3.20. The average molecular weight is 481 g/mol. The van der Waals surface area contributed by atoms with Crippen molar-refractivity contribution in [3.8, 4) is 17.0 Å². The Bertz CT molecular complexity index is 1300. The molecule has 2 bridgehead atoms. The van der Waals surface area contributed by atoms with E-state index >= 15 is 0 Å². The summed E-state index contributed by atoms with van der Waals surface area (Å²) in [5.74, 6) is 0.161. The lowest BCUT2D eigenvalue weighted by molar-refractivity contribution is 0.0910. The van der Waals surface area contributed by atoms with Gasteiger partial charge < -0.3 is 20.1 Å². The van der Waals surface area contributed by atoms with Crippen molar-refractivity contribution in [2.45, 2.75) is 12.5 Å². The summed E-state index contributed by atoms with van der Waals surface area (Å²) in [6, 6.07) is 6.87. The molecule has 3 aromatic rings. The number of allylic oxidation sites excluding steroid dienone is 1. The Morgan fingerprint density at radius 2 is 2.15 bits per heavy atom. The van der Waals surface area contributed by atoms with Crippen LogP contribution >= 0.6 is 11.6 Å². The number of pyridine rings is 1. The van der Waals surface area contributed by atoms with Crippen LogP contribution in [-0.4, -0.2) is 47.0 Å². The summed E-state index contributed by atoms with van der Waals surface area (Å²) in [7, 11) is 1.52. The molecule has 11 heteroatoms. The van der Waals surface area contributed by atoms with Crippen LogP contribution in [0.4, 0.5) is 21.9 Å². The number of benzene rings is 1. The molecule has 0 fully saturated rings. The number of cyclic esters (lactones) is 1. The molecule has 5 rings (SSSR count). The van der Waals surface area contributed by atoms with Gasteiger partial charge in [0.2, 0.25) is 0 Å². The first-order chi connectivity index (χ1) is 16.6. The van der Waals surface area contributed by atoms with Crippen LogP contribution in [0.5, 0.6) is 5.75 Å². The highest BCUT2D eigenvalue weighted by molar-refractivity contribution is 6.32. The Morgan fingerprint density at radius 1 is 1.26 bits per heavy atom. The highest BCUT2D eigenvalue weighted by Gasteiger charge is 2.33. The van der Waals surface area contributed by atoms with Crippen molar-refractivity contribution in [2.75, 3.05) is 30.9 Å². The molecule has 4 heterocycles. The standard InChI is InChI=1S/C23H21ClN6O4/c1-33-21-15(24)6-4-7-16(21)27-19-18-14-8-9-25-12-17(14)28-23(32)34-10-3-2-5-13-11-26-22(31)20(19)30(13)29-18/h2-4,6-9,12-13,27H,5,10-11H2,1H3,(H,26,31)(H,28,32)/b3-2-/t13-/m1/s1. The Kier molecular flexibility index (Phi) is 5.81. The number of halogens is 1. The first-order valence-corrected chi connectivity index (χ1v) is 11.0. The summed E-state index contributed by atoms with van der Waals surface area (Å²) in [5, 5.41) is 14.2. The zero-order chi connectivity index (χ0) is 23.7. The normalized spacial score (nSPS) is 18.1. The van der Waals surface area contributed by atoms with Crippen LogP contribution in [0.25, 0.3) is 11.3 Å². The van der Waals surface area contributed by atoms with Crippen molar-refractivity contribution in [3.05, 3.63) is 59.5 Å². The first-order valence-electron chi connectivity index (χ1n) is 10.6. The van der Waals surface area contributed by atoms with Gasteiger partial charge in [-0.15, -0.1) is 0 Å². The first kappa shape index (κ1) is 21.8. The van der Waals surface area contributed by atoms with Crippen molar-refractivity contribution < 1.29 is 19.1 Å². The second-order valence-corrected chi connectivity index (χ2v) is 8.09. The highest BCUT2D eigenvalue weighted by atomic mass is 35.5. The zero-order valence-corrected chi connectivity index (χ0v) is 18.9. The number of rotatable bonds is 3. The van der Waals surface area contributed by atoms with Crippen LogP contribution in [0.2, 0.25) is 5.02 Å². The molecule has 2 amide bonds. The number of hydrogen-bond acceptors (Lipinski definition) is 7. The minimum Gasteiger partial charge on any atom is -0.493 e. The van der Waals surface area contributed by atoms with Crippen molar-refractivity contribution in [2.24, 2.45) is 0 Å². The molecule has 1 aromatic carbocycles. The van der Waals surface area contributed by atoms with Gasteiger partial charge in [-0.25, -0.2) is 4.79 Å². The summed E-state index contributed by atoms with van der Waals surface area (Å²) in [6.45, 7) is 0.538. The third-order valence-electron chi connectivity index (χ3n) is 5.60. The van der Waals surface area contributed by atoms with Crippen LogP contribution in [0.1, 0.15) is 23.0 Å². The van der Waals surface area contributed by atoms with Gasteiger partial charge >= 0.3 is 6.09 Å². The van der Waals surface area contributed by atoms with Crippen LogP contribution in [-0.2, 0) is 4.74 Å². The van der Waals surface area contributed by atoms with Gasteiger partial charge in [0.05, 0.1) is 41.4 Å². The maximum Gasteiger partial charge on any atom is 0.412 e. The van der Waals surface area contributed by atoms with Gasteiger partial charge in [-0.3, -0.25) is 19.8 Å². The fraction of sp³-hybridized carbons (Fsp3) is 0.217. The lowest BCUT2D eigenvalue weighted by Gasteiger charge is -2.24. The number of methoxy groups -OCH3 is 1. The number of aromatic nitrogens is 3. The summed E-state index contributed by atoms with van der Waals surface area (Å²) < 4.78 is 12.4. The summed E-state index contributed by atoms with van der Waals surface area (Å²) >= 11 is 6.33. The quantitative estimate of drug-likeness (QED) is 0.482. The van der Waals surface area contributed by atoms with Crippen LogP contribution in [0.15, 0.2) is 48.8 Å². The Hall–Kier alpha value is -4.05. The van der Waals surface area contributed by atoms with E-state index in [-0.39, 0.29) is 18.6 Å². The number of carbonyl (C=O) groups excluding carboxylic acids is 2. The van der Waals surface area contributed by atoms with Crippen LogP contribution in [0.3, 0.4) is 0 Å². The van der Waals surface area contributed by atoms with Gasteiger partial charge in [0.25, 0.3) is 5.91 Å². The predicted molar refractivity (Wildman–Crippen MR) is 127 cm³/mol. The molecule has 0 aliphatic carbocycles. The molecule has 0 unspecified atom stereocenters. The van der Waals surface area contributed by atoms with Crippen molar-refractivity contribution in [3.63, 3.8) is 0 Å². The molecule has 0 radical (unpaired) electrons. The predicted octanol–water partition coefficient (Wildman–Crippen LogP) is 4.14. The zero-order valence-electron chi connectivity index (χ0n) is 18.2. The molecule has 2 aromatic heterocycles. The lowest BCUT2D eigenvalue weighted by atomic mass is 10.1. The van der Waals surface area contributed by atoms with Gasteiger partial charge in [0.1, 0.15) is 12.3 Å². The molecule has 10 nitrogen and oxygen atoms in total. The minimum atomic E-state index is -0.620. The van der Waals surface area contributed by atoms with E-state index in [1.54, 1.807) is 41.2 Å². The Labute approximate surface area is 199 Å². The number of fused-ring (bicyclic) bond motifs is 3. The topological polar surface area (TPSA) is 119 Å². The molecule has 2 aliphatic rings. The molecule has 34 heavy (non-hydrogen) atoms. The molecule has 0 saturated heterocycles. The van der Waals surface area contributed by atoms with Gasteiger partial charge in [-0.2, -0.15) is 5.10 Å². The summed E-state index contributed by atoms with van der Waals surface area (Å²) in [6.07, 6.45) is 6.72. The van der Waals surface area contributed by atoms with Gasteiger partial charge in [-0.1, -0.05) is 29.8 Å². The molecule has 0 spiro atoms. The third-order valence-corrected chi connectivity index (χ3v) is 5.90. The van der Waals surface area contributed by atoms with E-state index in [9.17, 15) is 9.59 Å². The van der Waals surface area contributed by atoms with E-state index in [1.807, 2.05) is 6.08 Å². The number of anilines is 3. The molecule has 0 saturated carbocycles. The molecular weight excluding hydrogens is 460 g/mol. The fourth-order valence-electron chi connectivity index (χ4n) is 4.03. The maximum atomic E-state index is 13.1. The Balaban J connectivity index is 1.74. The number of amides is 2. The lowest BCUT2D eigenvalue weighted by Crippen LogP contribution is -2.39. The van der Waals surface area contributed by atoms with E-state index in [2.05, 4.69) is 20.9 Å². The van der Waals surface area contributed by atoms with E-state index in [0.717, 1.165) is 0 Å². The summed E-state index contributed by atoms with van der Waals surface area (Å²) in [4.78, 5) is 29.5. The molecule has 1 atom stereocenters. The third kappa shape index (κ3) is 3.92. The molecule has 2 aliphatic heterocycles. The van der Waals surface area contributed by atoms with Crippen molar-refractivity contribution >= 4 is 40.7 Å². The number of nitrogens with one attached hydrogen (secondary N) is 3. The van der Waals surface area contributed by atoms with E-state index in [4.69, 9.17) is 26.2 Å². The van der Waals surface area contributed by atoms with E-state index in [1.165, 1.54) is 13.3 Å². The minimum absolute atomic E-state index is 0.123. The number of nitrogens with zero attached hydrogens (tertiary/aromatic N) is 3. The van der Waals surface area contributed by atoms with Crippen LogP contribution in [0, 0.1) is 0 Å². The molecule has 174 valence electrons. The highest BCUT2D eigenvalue weighted by Crippen LogP contribution is 2.42. The summed E-state index contributed by atoms with van der Waals surface area (Å²) in [5.41, 5.74) is 2.79. The van der Waals surface area contributed by atoms with E-state index < -0.39 is 6.09 Å². The van der Waals surface area contributed by atoms with Crippen molar-refractivity contribution in [1.29, 1.82) is 0 Å². The molecule has 3 N–H and O–H groups in total. The SMILES string of the molecule is COc1c(Cl)cccc1Nc1c2nn3c1C(=O)NC[C@H]3C/C=C\COC(=O)Nc1cnccc1-2. The smallest absolute Gasteiger partial charge is 0.412 e. The van der Waals surface area contributed by atoms with E-state index in [0.29, 0.717) is 57.8 Å². The van der Waals surface area contributed by atoms with Gasteiger partial charge in [0, 0.05) is 18.3 Å². The number of ether oxygens (including phenoxy) is 2. The van der Waals surface area contributed by atoms with Crippen molar-refractivity contribution in [1.82, 2.24) is 20.1 Å². The largest absolute Gasteiger partial charge is 0.493 e. The van der Waals surface area contributed by atoms with Crippen LogP contribution < -0.4 is 20.7 Å². The number of para-hydroxylation sites is 1. The monoisotopic (exact) mass is 480 g/mol. The van der Waals surface area contributed by atoms with Gasteiger partial charge in [0.15, 0.2) is 11.4 Å². The molecular formula is C23H21ClN6O4.